The third-order valence-electron chi connectivity index (χ3n) is 17.9. The molecule has 0 spiro atoms. The average Bonchev–Trinajstić information content (AvgIpc) is 1.27. The van der Waals surface area contributed by atoms with Crippen LogP contribution in [0.5, 0.6) is 11.6 Å². The Morgan fingerprint density at radius 1 is 0.366 bits per heavy atom. The van der Waals surface area contributed by atoms with Crippen molar-refractivity contribution in [3.05, 3.63) is 77.7 Å². The quantitative estimate of drug-likeness (QED) is 0.0376. The number of carbonyl (C=O) groups excluding carboxylic acids is 8. The third kappa shape index (κ3) is 56.5. The lowest BCUT2D eigenvalue weighted by molar-refractivity contribution is 0.133. The minimum Gasteiger partial charge on any atom is -0.497 e. The molecule has 0 bridgehead atoms. The summed E-state index contributed by atoms with van der Waals surface area (Å²) in [5.41, 5.74) is 3.07. The average molecular weight is 1580 g/mol. The van der Waals surface area contributed by atoms with Gasteiger partial charge in [-0.15, -0.1) is 0 Å². The molecule has 16 N–H and O–H groups in total. The lowest BCUT2D eigenvalue weighted by Gasteiger charge is -2.36. The molecule has 3 aromatic rings. The summed E-state index contributed by atoms with van der Waals surface area (Å²) in [5.74, 6) is 4.78. The van der Waals surface area contributed by atoms with Crippen molar-refractivity contribution < 1.29 is 47.8 Å². The van der Waals surface area contributed by atoms with Gasteiger partial charge in [0.25, 0.3) is 0 Å². The van der Waals surface area contributed by atoms with Gasteiger partial charge in [-0.1, -0.05) is 69.6 Å². The van der Waals surface area contributed by atoms with Crippen LogP contribution in [0.1, 0.15) is 210 Å². The number of hydrogen-bond donors (Lipinski definition) is 16. The number of methoxy groups -OCH3 is 2. The maximum atomic E-state index is 11.3. The van der Waals surface area contributed by atoms with Crippen LogP contribution in [0.15, 0.2) is 61.1 Å². The van der Waals surface area contributed by atoms with Gasteiger partial charge >= 0.3 is 48.2 Å². The summed E-state index contributed by atoms with van der Waals surface area (Å²) in [4.78, 5) is 98.1. The molecule has 5 fully saturated rings. The highest BCUT2D eigenvalue weighted by molar-refractivity contribution is 5.76. The van der Waals surface area contributed by atoms with Gasteiger partial charge in [0.05, 0.1) is 14.2 Å². The van der Waals surface area contributed by atoms with Crippen LogP contribution in [0.3, 0.4) is 0 Å². The maximum Gasteiger partial charge on any atom is 0.315 e. The second-order valence-corrected chi connectivity index (χ2v) is 31.8. The molecular formula is C82H152N20O10. The standard InChI is InChI=1S/C11H17N3O2.2C11H22N2O.C10H21N3O.C10H17N3O.C10H14N2O2.C10H20N2O.C9H19N3O/c1-8(2)14-11(15)13-7-9-4-5-10(16-3)12-6-9;2*1-9(2)13-11(14)12-8-10-6-4-3-5-7-10;2*1-8(2)12-10(14)11-6-9-4-5-13(3)7-9;1-11-10(13)12-7-8-3-5-9(14-2)6-4-8;1-8(2)12-10(13)11-7-9-5-3-4-6-9;1-7(2)11-9(13)10-4-8-5-12(3)6-8/h4-6,8H,7H2,1-3H3,(H2,13,14,15);2*9-10H,3-8H2,1-2H3,(H2,12,13,14);8-9H,4-7H2,1-3H3,(H2,11,12,14);4-5,7-8H,6H2,1-3H3,(H2,11,12,14);3-6H,7H2,1-2H3,(H2,11,12,13);8-9H,3-7H2,1-2H3,(H2,11,12,13);7-8H,4-6H2,1-3H3,(H2,10,11,13). The Balaban J connectivity index is 0.000000640. The fourth-order valence-electron chi connectivity index (χ4n) is 12.2. The number of pyridine rings is 1. The molecule has 1 unspecified atom stereocenters. The number of hydrogen-bond acceptors (Lipinski definition) is 13. The Labute approximate surface area is 672 Å². The first-order chi connectivity index (χ1) is 53.1. The molecule has 30 nitrogen and oxygen atoms in total. The number of benzene rings is 1. The number of rotatable bonds is 25. The zero-order valence-electron chi connectivity index (χ0n) is 72.2. The van der Waals surface area contributed by atoms with Gasteiger partial charge in [-0.25, -0.2) is 43.3 Å². The molecule has 2 aromatic heterocycles. The minimum atomic E-state index is -0.180. The Bertz CT molecular complexity index is 2910. The normalized spacial score (nSPS) is 15.5. The molecule has 1 aromatic carbocycles. The molecule has 2 saturated heterocycles. The van der Waals surface area contributed by atoms with Crippen LogP contribution in [-0.2, 0) is 26.7 Å². The molecule has 4 heterocycles. The summed E-state index contributed by atoms with van der Waals surface area (Å²) in [5, 5.41) is 44.8. The summed E-state index contributed by atoms with van der Waals surface area (Å²) >= 11 is 0. The van der Waals surface area contributed by atoms with E-state index in [1.807, 2.05) is 157 Å². The topological polar surface area (TPSA) is 372 Å². The molecule has 3 saturated carbocycles. The summed E-state index contributed by atoms with van der Waals surface area (Å²) in [6.07, 6.45) is 25.2. The predicted molar refractivity (Wildman–Crippen MR) is 452 cm³/mol. The molecule has 8 rings (SSSR count). The second kappa shape index (κ2) is 60.9. The molecule has 640 valence electrons. The Hall–Kier alpha value is -8.67. The number of urea groups is 8. The van der Waals surface area contributed by atoms with E-state index >= 15 is 0 Å². The predicted octanol–water partition coefficient (Wildman–Crippen LogP) is 11.0. The van der Waals surface area contributed by atoms with Crippen molar-refractivity contribution in [2.45, 2.75) is 255 Å². The monoisotopic (exact) mass is 1580 g/mol. The van der Waals surface area contributed by atoms with Crippen molar-refractivity contribution in [2.75, 3.05) is 94.3 Å². The van der Waals surface area contributed by atoms with Crippen LogP contribution >= 0.6 is 0 Å². The van der Waals surface area contributed by atoms with E-state index in [1.54, 1.807) is 33.5 Å². The summed E-state index contributed by atoms with van der Waals surface area (Å²) in [7, 11) is 10.9. The van der Waals surface area contributed by atoms with Gasteiger partial charge < -0.3 is 109 Å². The first kappa shape index (κ1) is 101. The van der Waals surface area contributed by atoms with Crippen LogP contribution < -0.4 is 94.5 Å². The summed E-state index contributed by atoms with van der Waals surface area (Å²) < 4.78 is 11.9. The highest BCUT2D eigenvalue weighted by Crippen LogP contribution is 2.25. The van der Waals surface area contributed by atoms with E-state index in [9.17, 15) is 38.4 Å². The maximum absolute atomic E-state index is 11.3. The van der Waals surface area contributed by atoms with E-state index in [0.717, 1.165) is 87.3 Å². The Morgan fingerprint density at radius 2 is 0.688 bits per heavy atom. The number of ether oxygens (including phenoxy) is 2. The molecule has 3 aliphatic carbocycles. The first-order valence-corrected chi connectivity index (χ1v) is 41.0. The Kier molecular flexibility index (Phi) is 55.1. The van der Waals surface area contributed by atoms with Crippen LogP contribution in [-0.4, -0.2) is 204 Å². The van der Waals surface area contributed by atoms with Gasteiger partial charge in [-0.05, 0) is 221 Å². The lowest BCUT2D eigenvalue weighted by atomic mass is 9.89. The van der Waals surface area contributed by atoms with Gasteiger partial charge in [0.1, 0.15) is 5.75 Å². The number of likely N-dealkylation sites (tertiary alicyclic amines) is 2. The molecule has 2 aliphatic heterocycles. The minimum absolute atomic E-state index is 0.0226. The molecule has 112 heavy (non-hydrogen) atoms. The van der Waals surface area contributed by atoms with Crippen molar-refractivity contribution in [2.24, 2.45) is 36.6 Å². The van der Waals surface area contributed by atoms with Gasteiger partial charge in [0, 0.05) is 159 Å². The van der Waals surface area contributed by atoms with Crippen LogP contribution in [0.2, 0.25) is 0 Å². The lowest BCUT2D eigenvalue weighted by Crippen LogP contribution is -2.51. The summed E-state index contributed by atoms with van der Waals surface area (Å²) in [6, 6.07) is 13.9. The van der Waals surface area contributed by atoms with Crippen molar-refractivity contribution in [3.63, 3.8) is 0 Å². The van der Waals surface area contributed by atoms with Gasteiger partial charge in [0.2, 0.25) is 5.88 Å². The molecule has 0 radical (unpaired) electrons. The number of amides is 16. The zero-order chi connectivity index (χ0) is 83.8. The van der Waals surface area contributed by atoms with E-state index in [-0.39, 0.29) is 90.5 Å². The van der Waals surface area contributed by atoms with E-state index < -0.39 is 0 Å². The zero-order valence-corrected chi connectivity index (χ0v) is 72.2. The van der Waals surface area contributed by atoms with Crippen molar-refractivity contribution in [1.29, 1.82) is 0 Å². The number of carbonyl (C=O) groups is 8. The van der Waals surface area contributed by atoms with E-state index in [4.69, 9.17) is 9.47 Å². The van der Waals surface area contributed by atoms with Crippen molar-refractivity contribution >= 4 is 48.2 Å². The highest BCUT2D eigenvalue weighted by Gasteiger charge is 2.24. The van der Waals surface area contributed by atoms with Crippen LogP contribution in [0.25, 0.3) is 0 Å². The smallest absolute Gasteiger partial charge is 0.315 e. The largest absolute Gasteiger partial charge is 0.497 e. The van der Waals surface area contributed by atoms with Crippen LogP contribution in [0.4, 0.5) is 38.4 Å². The third-order valence-corrected chi connectivity index (χ3v) is 17.9. The number of aromatic nitrogens is 2. The van der Waals surface area contributed by atoms with Gasteiger partial charge in [-0.2, -0.15) is 0 Å². The van der Waals surface area contributed by atoms with E-state index in [0.29, 0.717) is 49.2 Å². The fraction of sp³-hybridized carbons (Fsp3) is 0.720. The number of aryl methyl sites for hydroxylation is 1. The van der Waals surface area contributed by atoms with Crippen molar-refractivity contribution in [3.8, 4) is 11.6 Å². The SMILES string of the molecule is CC(C)NC(=O)NCC1CCCC1.CC(C)NC(=O)NCC1CCCCC1.CC(C)NC(=O)NCC1CCCCC1.CC(C)NC(=O)NCC1CCN(C)C1.CC(C)NC(=O)NCC1CN(C)C1.CC(C)NC(=O)NCc1ccn(C)c1.CNC(=O)NCc1ccc(OC)cc1.COc1ccc(CNC(=O)NC(C)C)cn1. The number of nitrogens with one attached hydrogen (secondary N) is 16. The van der Waals surface area contributed by atoms with E-state index in [2.05, 4.69) is 114 Å². The summed E-state index contributed by atoms with van der Waals surface area (Å²) in [6.45, 7) is 37.5. The molecule has 30 heteroatoms. The van der Waals surface area contributed by atoms with E-state index in [1.165, 1.54) is 96.3 Å². The number of nitrogens with zero attached hydrogens (tertiary/aromatic N) is 4. The molecule has 16 amide bonds. The van der Waals surface area contributed by atoms with Crippen LogP contribution in [0, 0.1) is 29.6 Å². The highest BCUT2D eigenvalue weighted by atomic mass is 16.5. The van der Waals surface area contributed by atoms with Gasteiger partial charge in [-0.3, -0.25) is 0 Å². The van der Waals surface area contributed by atoms with Crippen molar-refractivity contribution in [1.82, 2.24) is 104 Å². The fourth-order valence-corrected chi connectivity index (χ4v) is 12.2. The molecule has 1 atom stereocenters. The molecule has 5 aliphatic rings. The second-order valence-electron chi connectivity index (χ2n) is 31.8. The molecular weight excluding hydrogens is 1430 g/mol. The first-order valence-electron chi connectivity index (χ1n) is 41.0. The van der Waals surface area contributed by atoms with Gasteiger partial charge in [0.15, 0.2) is 0 Å². The Morgan fingerprint density at radius 3 is 0.991 bits per heavy atom.